The maximum Gasteiger partial charge on any atom is 0.263 e. The van der Waals surface area contributed by atoms with Crippen molar-refractivity contribution in [3.8, 4) is 5.75 Å². The summed E-state index contributed by atoms with van der Waals surface area (Å²) in [6, 6.07) is 5.97. The number of benzene rings is 1. The normalized spacial score (nSPS) is 17.4. The average molecular weight is 275 g/mol. The highest BCUT2D eigenvalue weighted by Crippen LogP contribution is 2.22. The molecule has 1 aromatic carbocycles. The minimum Gasteiger partial charge on any atom is -0.481 e. The second-order valence-electron chi connectivity index (χ2n) is 5.70. The van der Waals surface area contributed by atoms with Crippen LogP contribution in [0.15, 0.2) is 18.2 Å². The maximum atomic E-state index is 12.5. The SMILES string of the molecule is Cc1cccc(O[C@@H](C)C(=O)N2CCCCCC2)c1C. The van der Waals surface area contributed by atoms with Crippen LogP contribution in [0.2, 0.25) is 0 Å². The van der Waals surface area contributed by atoms with Gasteiger partial charge >= 0.3 is 0 Å². The summed E-state index contributed by atoms with van der Waals surface area (Å²) < 4.78 is 5.89. The molecule has 0 N–H and O–H groups in total. The Morgan fingerprint density at radius 1 is 1.15 bits per heavy atom. The lowest BCUT2D eigenvalue weighted by Crippen LogP contribution is -2.41. The van der Waals surface area contributed by atoms with Gasteiger partial charge in [-0.15, -0.1) is 0 Å². The van der Waals surface area contributed by atoms with E-state index in [1.165, 1.54) is 18.4 Å². The molecule has 1 saturated heterocycles. The molecule has 3 nitrogen and oxygen atoms in total. The third-order valence-corrected chi connectivity index (χ3v) is 4.12. The van der Waals surface area contributed by atoms with Crippen molar-refractivity contribution in [2.45, 2.75) is 52.6 Å². The van der Waals surface area contributed by atoms with E-state index in [2.05, 4.69) is 13.0 Å². The first-order chi connectivity index (χ1) is 9.59. The maximum absolute atomic E-state index is 12.5. The minimum atomic E-state index is -0.409. The summed E-state index contributed by atoms with van der Waals surface area (Å²) in [5.74, 6) is 0.938. The van der Waals surface area contributed by atoms with Crippen LogP contribution in [0.3, 0.4) is 0 Å². The van der Waals surface area contributed by atoms with Gasteiger partial charge in [0.15, 0.2) is 6.10 Å². The van der Waals surface area contributed by atoms with E-state index in [9.17, 15) is 4.79 Å². The van der Waals surface area contributed by atoms with Gasteiger partial charge in [0.2, 0.25) is 0 Å². The lowest BCUT2D eigenvalue weighted by atomic mass is 10.1. The van der Waals surface area contributed by atoms with Crippen molar-refractivity contribution in [2.75, 3.05) is 13.1 Å². The molecule has 0 saturated carbocycles. The van der Waals surface area contributed by atoms with Gasteiger partial charge in [-0.05, 0) is 50.8 Å². The Morgan fingerprint density at radius 2 is 1.80 bits per heavy atom. The van der Waals surface area contributed by atoms with Crippen LogP contribution in [0.5, 0.6) is 5.75 Å². The lowest BCUT2D eigenvalue weighted by Gasteiger charge is -2.25. The van der Waals surface area contributed by atoms with Gasteiger partial charge in [-0.2, -0.15) is 0 Å². The molecule has 20 heavy (non-hydrogen) atoms. The van der Waals surface area contributed by atoms with Crippen LogP contribution in [0.4, 0.5) is 0 Å². The third-order valence-electron chi connectivity index (χ3n) is 4.12. The van der Waals surface area contributed by atoms with E-state index in [0.717, 1.165) is 37.2 Å². The lowest BCUT2D eigenvalue weighted by molar-refractivity contribution is -0.137. The molecule has 1 amide bonds. The van der Waals surface area contributed by atoms with Crippen molar-refractivity contribution in [1.82, 2.24) is 4.90 Å². The Morgan fingerprint density at radius 3 is 2.45 bits per heavy atom. The van der Waals surface area contributed by atoms with Gasteiger partial charge in [0.05, 0.1) is 0 Å². The van der Waals surface area contributed by atoms with E-state index >= 15 is 0 Å². The molecule has 1 fully saturated rings. The molecule has 0 radical (unpaired) electrons. The second kappa shape index (κ2) is 6.78. The molecule has 3 heteroatoms. The molecule has 0 spiro atoms. The number of rotatable bonds is 3. The molecular weight excluding hydrogens is 250 g/mol. The smallest absolute Gasteiger partial charge is 0.263 e. The fourth-order valence-electron chi connectivity index (χ4n) is 2.64. The average Bonchev–Trinajstić information content (AvgIpc) is 2.72. The highest BCUT2D eigenvalue weighted by atomic mass is 16.5. The van der Waals surface area contributed by atoms with Gasteiger partial charge < -0.3 is 9.64 Å². The predicted octanol–water partition coefficient (Wildman–Crippen LogP) is 3.47. The zero-order valence-corrected chi connectivity index (χ0v) is 12.8. The van der Waals surface area contributed by atoms with Crippen molar-refractivity contribution in [3.63, 3.8) is 0 Å². The summed E-state index contributed by atoms with van der Waals surface area (Å²) in [4.78, 5) is 14.4. The number of carbonyl (C=O) groups is 1. The molecule has 0 aliphatic carbocycles. The Bertz CT molecular complexity index is 462. The van der Waals surface area contributed by atoms with E-state index in [-0.39, 0.29) is 5.91 Å². The number of carbonyl (C=O) groups excluding carboxylic acids is 1. The zero-order chi connectivity index (χ0) is 14.5. The standard InChI is InChI=1S/C17H25NO2/c1-13-9-8-10-16(14(13)2)20-15(3)17(19)18-11-6-4-5-7-12-18/h8-10,15H,4-7,11-12H2,1-3H3/t15-/m0/s1. The summed E-state index contributed by atoms with van der Waals surface area (Å²) in [7, 11) is 0. The monoisotopic (exact) mass is 275 g/mol. The number of likely N-dealkylation sites (tertiary alicyclic amines) is 1. The number of ether oxygens (including phenoxy) is 1. The van der Waals surface area contributed by atoms with Crippen LogP contribution in [-0.2, 0) is 4.79 Å². The van der Waals surface area contributed by atoms with Crippen molar-refractivity contribution in [2.24, 2.45) is 0 Å². The fraction of sp³-hybridized carbons (Fsp3) is 0.588. The summed E-state index contributed by atoms with van der Waals surface area (Å²) >= 11 is 0. The summed E-state index contributed by atoms with van der Waals surface area (Å²) in [5, 5.41) is 0. The summed E-state index contributed by atoms with van der Waals surface area (Å²) in [6.45, 7) is 7.70. The molecule has 0 aromatic heterocycles. The highest BCUT2D eigenvalue weighted by molar-refractivity contribution is 5.81. The number of nitrogens with zero attached hydrogens (tertiary/aromatic N) is 1. The Labute approximate surface area is 121 Å². The molecule has 1 aromatic rings. The largest absolute Gasteiger partial charge is 0.481 e. The first kappa shape index (κ1) is 14.9. The second-order valence-corrected chi connectivity index (χ2v) is 5.70. The Kier molecular flexibility index (Phi) is 5.05. The Balaban J connectivity index is 2.01. The fourth-order valence-corrected chi connectivity index (χ4v) is 2.64. The highest BCUT2D eigenvalue weighted by Gasteiger charge is 2.23. The van der Waals surface area contributed by atoms with Gasteiger partial charge in [0, 0.05) is 13.1 Å². The van der Waals surface area contributed by atoms with Crippen molar-refractivity contribution < 1.29 is 9.53 Å². The molecule has 110 valence electrons. The van der Waals surface area contributed by atoms with Crippen LogP contribution in [-0.4, -0.2) is 30.0 Å². The zero-order valence-electron chi connectivity index (χ0n) is 12.8. The quantitative estimate of drug-likeness (QED) is 0.845. The van der Waals surface area contributed by atoms with Crippen molar-refractivity contribution in [3.05, 3.63) is 29.3 Å². The molecule has 1 atom stereocenters. The molecule has 1 aliphatic rings. The summed E-state index contributed by atoms with van der Waals surface area (Å²) in [6.07, 6.45) is 4.28. The van der Waals surface area contributed by atoms with Gasteiger partial charge in [-0.1, -0.05) is 25.0 Å². The van der Waals surface area contributed by atoms with Gasteiger partial charge in [0.1, 0.15) is 5.75 Å². The van der Waals surface area contributed by atoms with E-state index in [4.69, 9.17) is 4.74 Å². The van der Waals surface area contributed by atoms with Gasteiger partial charge in [-0.25, -0.2) is 0 Å². The number of amides is 1. The van der Waals surface area contributed by atoms with Gasteiger partial charge in [-0.3, -0.25) is 4.79 Å². The van der Waals surface area contributed by atoms with Crippen LogP contribution in [0, 0.1) is 13.8 Å². The van der Waals surface area contributed by atoms with Crippen LogP contribution < -0.4 is 4.74 Å². The Hall–Kier alpha value is -1.51. The molecular formula is C17H25NO2. The topological polar surface area (TPSA) is 29.5 Å². The molecule has 1 heterocycles. The van der Waals surface area contributed by atoms with Crippen LogP contribution >= 0.6 is 0 Å². The minimum absolute atomic E-state index is 0.118. The molecule has 0 bridgehead atoms. The number of hydrogen-bond donors (Lipinski definition) is 0. The van der Waals surface area contributed by atoms with E-state index < -0.39 is 6.10 Å². The molecule has 1 aliphatic heterocycles. The van der Waals surface area contributed by atoms with Crippen LogP contribution in [0.1, 0.15) is 43.7 Å². The van der Waals surface area contributed by atoms with Crippen LogP contribution in [0.25, 0.3) is 0 Å². The third kappa shape index (κ3) is 3.53. The number of aryl methyl sites for hydroxylation is 1. The van der Waals surface area contributed by atoms with E-state index in [0.29, 0.717) is 0 Å². The first-order valence-electron chi connectivity index (χ1n) is 7.61. The summed E-state index contributed by atoms with van der Waals surface area (Å²) in [5.41, 5.74) is 2.31. The van der Waals surface area contributed by atoms with Crippen molar-refractivity contribution in [1.29, 1.82) is 0 Å². The number of hydrogen-bond acceptors (Lipinski definition) is 2. The first-order valence-corrected chi connectivity index (χ1v) is 7.61. The van der Waals surface area contributed by atoms with Crippen molar-refractivity contribution >= 4 is 5.91 Å². The van der Waals surface area contributed by atoms with E-state index in [1.54, 1.807) is 0 Å². The molecule has 0 unspecified atom stereocenters. The molecule has 2 rings (SSSR count). The van der Waals surface area contributed by atoms with Gasteiger partial charge in [0.25, 0.3) is 5.91 Å². The van der Waals surface area contributed by atoms with E-state index in [1.807, 2.05) is 30.9 Å². The predicted molar refractivity (Wildman–Crippen MR) is 81.1 cm³/mol.